The number of aromatic nitrogens is 4. The van der Waals surface area contributed by atoms with Crippen molar-refractivity contribution in [3.8, 4) is 11.4 Å². The lowest BCUT2D eigenvalue weighted by Gasteiger charge is -2.11. The molecule has 0 radical (unpaired) electrons. The number of nitrogens with two attached hydrogens (primary N) is 1. The molecule has 0 aliphatic carbocycles. The molecule has 126 valence electrons. The number of aromatic amines is 1. The van der Waals surface area contributed by atoms with Crippen molar-refractivity contribution in [2.24, 2.45) is 0 Å². The molecule has 0 spiro atoms. The van der Waals surface area contributed by atoms with Crippen LogP contribution in [0.3, 0.4) is 0 Å². The second kappa shape index (κ2) is 6.59. The number of benzene rings is 1. The summed E-state index contributed by atoms with van der Waals surface area (Å²) in [5.41, 5.74) is 7.65. The smallest absolute Gasteiger partial charge is 0.332 e. The van der Waals surface area contributed by atoms with Gasteiger partial charge in [-0.2, -0.15) is 0 Å². The lowest BCUT2D eigenvalue weighted by atomic mass is 10.2. The number of H-pyrrole nitrogens is 1. The fourth-order valence-corrected chi connectivity index (χ4v) is 2.36. The van der Waals surface area contributed by atoms with E-state index >= 15 is 0 Å². The molecule has 0 amide bonds. The summed E-state index contributed by atoms with van der Waals surface area (Å²) in [6.07, 6.45) is 1.32. The SMILES string of the molecule is CNc1cc(OCCOC)cc(-n2c(=O)[nH]c3c(N)ncnc32)c1. The summed E-state index contributed by atoms with van der Waals surface area (Å²) in [6.45, 7) is 0.872. The highest BCUT2D eigenvalue weighted by Crippen LogP contribution is 2.25. The average molecular weight is 330 g/mol. The van der Waals surface area contributed by atoms with Crippen molar-refractivity contribution < 1.29 is 9.47 Å². The molecule has 0 aliphatic heterocycles. The summed E-state index contributed by atoms with van der Waals surface area (Å²) in [4.78, 5) is 23.1. The highest BCUT2D eigenvalue weighted by molar-refractivity contribution is 5.82. The largest absolute Gasteiger partial charge is 0.491 e. The fourth-order valence-electron chi connectivity index (χ4n) is 2.36. The molecule has 1 aromatic carbocycles. The zero-order valence-electron chi connectivity index (χ0n) is 13.4. The van der Waals surface area contributed by atoms with Gasteiger partial charge in [-0.1, -0.05) is 0 Å². The van der Waals surface area contributed by atoms with E-state index in [1.807, 2.05) is 12.1 Å². The van der Waals surface area contributed by atoms with Crippen molar-refractivity contribution in [2.75, 3.05) is 38.4 Å². The quantitative estimate of drug-likeness (QED) is 0.571. The lowest BCUT2D eigenvalue weighted by molar-refractivity contribution is 0.146. The fraction of sp³-hybridized carbons (Fsp3) is 0.267. The molecule has 24 heavy (non-hydrogen) atoms. The van der Waals surface area contributed by atoms with Gasteiger partial charge in [0.1, 0.15) is 24.2 Å². The third kappa shape index (κ3) is 2.88. The molecule has 3 aromatic rings. The molecule has 2 aromatic heterocycles. The molecule has 0 unspecified atom stereocenters. The van der Waals surface area contributed by atoms with Crippen LogP contribution in [0, 0.1) is 0 Å². The number of nitrogen functional groups attached to an aromatic ring is 1. The van der Waals surface area contributed by atoms with Crippen LogP contribution in [0.25, 0.3) is 16.9 Å². The Labute approximate surface area is 137 Å². The maximum absolute atomic E-state index is 12.4. The second-order valence-electron chi connectivity index (χ2n) is 5.03. The summed E-state index contributed by atoms with van der Waals surface area (Å²) in [7, 11) is 3.39. The van der Waals surface area contributed by atoms with E-state index in [0.29, 0.717) is 35.8 Å². The van der Waals surface area contributed by atoms with Gasteiger partial charge >= 0.3 is 5.69 Å². The summed E-state index contributed by atoms with van der Waals surface area (Å²) in [5.74, 6) is 0.828. The Kier molecular flexibility index (Phi) is 4.34. The van der Waals surface area contributed by atoms with Crippen LogP contribution in [0.1, 0.15) is 0 Å². The molecule has 0 aliphatic rings. The molecular weight excluding hydrogens is 312 g/mol. The number of imidazole rings is 1. The number of hydrogen-bond acceptors (Lipinski definition) is 7. The van der Waals surface area contributed by atoms with Crippen LogP contribution in [0.15, 0.2) is 29.3 Å². The zero-order chi connectivity index (χ0) is 17.1. The van der Waals surface area contributed by atoms with Crippen LogP contribution in [0.2, 0.25) is 0 Å². The molecular formula is C15H18N6O3. The molecule has 9 nitrogen and oxygen atoms in total. The van der Waals surface area contributed by atoms with Crippen LogP contribution in [0.5, 0.6) is 5.75 Å². The first kappa shape index (κ1) is 15.8. The predicted molar refractivity (Wildman–Crippen MR) is 90.8 cm³/mol. The van der Waals surface area contributed by atoms with E-state index in [9.17, 15) is 4.79 Å². The number of methoxy groups -OCH3 is 1. The average Bonchev–Trinajstić information content (AvgIpc) is 2.92. The molecule has 0 fully saturated rings. The van der Waals surface area contributed by atoms with Crippen molar-refractivity contribution in [1.82, 2.24) is 19.5 Å². The summed E-state index contributed by atoms with van der Waals surface area (Å²) in [6, 6.07) is 5.40. The normalized spacial score (nSPS) is 10.9. The van der Waals surface area contributed by atoms with E-state index in [2.05, 4.69) is 20.3 Å². The van der Waals surface area contributed by atoms with Gasteiger partial charge in [0.15, 0.2) is 11.5 Å². The Bertz CT molecular complexity index is 917. The number of fused-ring (bicyclic) bond motifs is 1. The molecule has 0 bridgehead atoms. The number of anilines is 2. The van der Waals surface area contributed by atoms with Crippen molar-refractivity contribution in [1.29, 1.82) is 0 Å². The summed E-state index contributed by atoms with van der Waals surface area (Å²) >= 11 is 0. The first-order valence-electron chi connectivity index (χ1n) is 7.30. The number of nitrogens with zero attached hydrogens (tertiary/aromatic N) is 3. The minimum absolute atomic E-state index is 0.220. The van der Waals surface area contributed by atoms with E-state index in [1.165, 1.54) is 10.9 Å². The van der Waals surface area contributed by atoms with Crippen molar-refractivity contribution in [2.45, 2.75) is 0 Å². The number of nitrogens with one attached hydrogen (secondary N) is 2. The van der Waals surface area contributed by atoms with Crippen LogP contribution >= 0.6 is 0 Å². The van der Waals surface area contributed by atoms with E-state index < -0.39 is 0 Å². The van der Waals surface area contributed by atoms with Gasteiger partial charge < -0.3 is 25.5 Å². The predicted octanol–water partition coefficient (Wildman–Crippen LogP) is 0.758. The van der Waals surface area contributed by atoms with E-state index in [0.717, 1.165) is 5.69 Å². The van der Waals surface area contributed by atoms with Gasteiger partial charge in [0.05, 0.1) is 12.3 Å². The minimum atomic E-state index is -0.353. The first-order valence-corrected chi connectivity index (χ1v) is 7.30. The first-order chi connectivity index (χ1) is 11.6. The van der Waals surface area contributed by atoms with Crippen LogP contribution in [-0.2, 0) is 4.74 Å². The Hall–Kier alpha value is -3.07. The maximum Gasteiger partial charge on any atom is 0.332 e. The molecule has 9 heteroatoms. The molecule has 3 rings (SSSR count). The standard InChI is InChI=1S/C15H18N6O3/c1-17-9-5-10(7-11(6-9)24-4-3-23-2)21-14-12(20-15(21)22)13(16)18-8-19-14/h5-8,17H,3-4H2,1-2H3,(H,20,22)(H2,16,18,19). The Morgan fingerprint density at radius 1 is 1.29 bits per heavy atom. The monoisotopic (exact) mass is 330 g/mol. The lowest BCUT2D eigenvalue weighted by Crippen LogP contribution is -2.15. The number of hydrogen-bond donors (Lipinski definition) is 3. The number of rotatable bonds is 6. The van der Waals surface area contributed by atoms with Crippen molar-refractivity contribution >= 4 is 22.7 Å². The van der Waals surface area contributed by atoms with Crippen LogP contribution in [-0.4, -0.2) is 46.9 Å². The number of ether oxygens (including phenoxy) is 2. The van der Waals surface area contributed by atoms with Gasteiger partial charge in [-0.3, -0.25) is 0 Å². The Morgan fingerprint density at radius 3 is 2.88 bits per heavy atom. The van der Waals surface area contributed by atoms with Gasteiger partial charge in [-0.05, 0) is 6.07 Å². The molecule has 0 saturated carbocycles. The highest BCUT2D eigenvalue weighted by atomic mass is 16.5. The van der Waals surface area contributed by atoms with Crippen LogP contribution < -0.4 is 21.5 Å². The molecule has 2 heterocycles. The zero-order valence-corrected chi connectivity index (χ0v) is 13.4. The van der Waals surface area contributed by atoms with Gasteiger partial charge in [0, 0.05) is 32.0 Å². The molecule has 0 saturated heterocycles. The van der Waals surface area contributed by atoms with Gasteiger partial charge in [-0.15, -0.1) is 0 Å². The third-order valence-corrected chi connectivity index (χ3v) is 3.50. The Balaban J connectivity index is 2.12. The van der Waals surface area contributed by atoms with Gasteiger partial charge in [-0.25, -0.2) is 19.3 Å². The second-order valence-corrected chi connectivity index (χ2v) is 5.03. The van der Waals surface area contributed by atoms with Gasteiger partial charge in [0.25, 0.3) is 0 Å². The third-order valence-electron chi connectivity index (χ3n) is 3.50. The summed E-state index contributed by atoms with van der Waals surface area (Å²) in [5, 5.41) is 3.04. The molecule has 4 N–H and O–H groups in total. The Morgan fingerprint density at radius 2 is 2.12 bits per heavy atom. The summed E-state index contributed by atoms with van der Waals surface area (Å²) < 4.78 is 12.1. The minimum Gasteiger partial charge on any atom is -0.491 e. The van der Waals surface area contributed by atoms with Crippen molar-refractivity contribution in [3.63, 3.8) is 0 Å². The molecule has 0 atom stereocenters. The highest BCUT2D eigenvalue weighted by Gasteiger charge is 2.14. The van der Waals surface area contributed by atoms with Crippen molar-refractivity contribution in [3.05, 3.63) is 35.0 Å². The van der Waals surface area contributed by atoms with E-state index in [4.69, 9.17) is 15.2 Å². The van der Waals surface area contributed by atoms with E-state index in [1.54, 1.807) is 20.2 Å². The van der Waals surface area contributed by atoms with Crippen LogP contribution in [0.4, 0.5) is 11.5 Å². The van der Waals surface area contributed by atoms with E-state index in [-0.39, 0.29) is 11.5 Å². The van der Waals surface area contributed by atoms with Gasteiger partial charge in [0.2, 0.25) is 0 Å². The topological polar surface area (TPSA) is 120 Å². The maximum atomic E-state index is 12.4.